The van der Waals surface area contributed by atoms with Crippen molar-refractivity contribution in [1.29, 1.82) is 0 Å². The van der Waals surface area contributed by atoms with E-state index < -0.39 is 0 Å². The van der Waals surface area contributed by atoms with E-state index in [1.807, 2.05) is 18.2 Å². The first-order chi connectivity index (χ1) is 23.0. The number of fused-ring (bicyclic) bond motifs is 2. The Bertz CT molecular complexity index is 1660. The summed E-state index contributed by atoms with van der Waals surface area (Å²) in [6.45, 7) is 7.87. The van der Waals surface area contributed by atoms with Crippen LogP contribution in [0.3, 0.4) is 0 Å². The second-order valence-electron chi connectivity index (χ2n) is 12.5. The number of rotatable bonds is 19. The molecular weight excluding hydrogens is 611 g/mol. The molecule has 1 aliphatic rings. The van der Waals surface area contributed by atoms with E-state index in [9.17, 15) is 14.4 Å². The third-order valence-corrected chi connectivity index (χ3v) is 9.92. The number of benzene rings is 2. The Morgan fingerprint density at radius 1 is 0.830 bits per heavy atom. The molecule has 1 fully saturated rings. The maximum Gasteiger partial charge on any atom is 0.307 e. The molecule has 0 radical (unpaired) electrons. The number of hydrogen-bond acceptors (Lipinski definition) is 8. The van der Waals surface area contributed by atoms with Gasteiger partial charge < -0.3 is 14.4 Å². The molecule has 0 spiro atoms. The van der Waals surface area contributed by atoms with Crippen LogP contribution in [-0.4, -0.2) is 60.6 Å². The number of Topliss-reactive ketones (excluding diaryl/α,β-unsaturated/α-hetero) is 1. The molecule has 0 amide bonds. The van der Waals surface area contributed by atoms with E-state index in [0.29, 0.717) is 43.6 Å². The summed E-state index contributed by atoms with van der Waals surface area (Å²) >= 11 is 1.80. The smallest absolute Gasteiger partial charge is 0.307 e. The number of pyridine rings is 1. The van der Waals surface area contributed by atoms with E-state index in [4.69, 9.17) is 9.47 Å². The van der Waals surface area contributed by atoms with Gasteiger partial charge in [-0.15, -0.1) is 11.3 Å². The van der Waals surface area contributed by atoms with Crippen molar-refractivity contribution >= 4 is 49.8 Å². The molecule has 0 unspecified atom stereocenters. The zero-order valence-corrected chi connectivity index (χ0v) is 28.6. The molecule has 8 nitrogen and oxygen atoms in total. The van der Waals surface area contributed by atoms with E-state index in [2.05, 4.69) is 46.4 Å². The Morgan fingerprint density at radius 3 is 2.45 bits per heavy atom. The number of piperazine rings is 1. The first-order valence-corrected chi connectivity index (χ1v) is 18.3. The predicted octanol–water partition coefficient (Wildman–Crippen LogP) is 7.80. The van der Waals surface area contributed by atoms with Gasteiger partial charge in [-0.25, -0.2) is 0 Å². The lowest BCUT2D eigenvalue weighted by Crippen LogP contribution is -2.46. The van der Waals surface area contributed by atoms with Crippen molar-refractivity contribution in [3.05, 3.63) is 70.3 Å². The third-order valence-electron chi connectivity index (χ3n) is 9.04. The fraction of sp³-hybridized carbons (Fsp3) is 0.500. The Kier molecular flexibility index (Phi) is 13.3. The van der Waals surface area contributed by atoms with Gasteiger partial charge in [-0.2, -0.15) is 0 Å². The van der Waals surface area contributed by atoms with Crippen molar-refractivity contribution in [1.82, 2.24) is 9.47 Å². The molecule has 5 rings (SSSR count). The van der Waals surface area contributed by atoms with Crippen LogP contribution >= 0.6 is 11.3 Å². The average Bonchev–Trinajstić information content (AvgIpc) is 3.58. The lowest BCUT2D eigenvalue weighted by molar-refractivity contribution is -0.147. The van der Waals surface area contributed by atoms with E-state index in [1.165, 1.54) is 32.8 Å². The lowest BCUT2D eigenvalue weighted by Gasteiger charge is -2.36. The zero-order chi connectivity index (χ0) is 32.8. The van der Waals surface area contributed by atoms with E-state index in [-0.39, 0.29) is 30.5 Å². The number of nitrogens with zero attached hydrogens (tertiary/aromatic N) is 3. The van der Waals surface area contributed by atoms with Gasteiger partial charge >= 0.3 is 5.97 Å². The summed E-state index contributed by atoms with van der Waals surface area (Å²) in [4.78, 5) is 42.2. The Morgan fingerprint density at radius 2 is 1.62 bits per heavy atom. The zero-order valence-electron chi connectivity index (χ0n) is 27.8. The number of carbonyl (C=O) groups excluding carboxylic acids is 2. The van der Waals surface area contributed by atoms with Crippen molar-refractivity contribution in [3.63, 3.8) is 0 Å². The van der Waals surface area contributed by atoms with Gasteiger partial charge in [0.2, 0.25) is 0 Å². The number of aromatic nitrogens is 1. The van der Waals surface area contributed by atoms with Crippen molar-refractivity contribution in [2.75, 3.05) is 44.2 Å². The van der Waals surface area contributed by atoms with Gasteiger partial charge in [-0.05, 0) is 85.8 Å². The topological polar surface area (TPSA) is 81.1 Å². The van der Waals surface area contributed by atoms with Gasteiger partial charge in [0.1, 0.15) is 11.5 Å². The molecule has 0 atom stereocenters. The van der Waals surface area contributed by atoms with Gasteiger partial charge in [-0.1, -0.05) is 32.3 Å². The van der Waals surface area contributed by atoms with Crippen LogP contribution in [0.25, 0.3) is 21.0 Å². The standard InChI is InChI=1S/C38H49N3O5S/c1-2-3-4-5-11-31(42)12-6-7-15-38(44)46-29-41-35-28-32(18-16-30(35)17-19-37(41)43)45-26-9-8-21-39-22-24-40(25-23-39)34-13-10-14-36-33(34)20-27-47-36/h10,13-14,16-20,27-28H,2-9,11-12,15,21-26,29H2,1H3. The summed E-state index contributed by atoms with van der Waals surface area (Å²) in [5.41, 5.74) is 1.79. The number of esters is 1. The van der Waals surface area contributed by atoms with Crippen LogP contribution in [0.1, 0.15) is 77.6 Å². The molecule has 1 aliphatic heterocycles. The maximum atomic E-state index is 12.7. The molecule has 1 saturated heterocycles. The minimum absolute atomic E-state index is 0.148. The van der Waals surface area contributed by atoms with Gasteiger partial charge in [0.05, 0.1) is 12.1 Å². The largest absolute Gasteiger partial charge is 0.494 e. The van der Waals surface area contributed by atoms with E-state index in [1.54, 1.807) is 17.4 Å². The SMILES string of the molecule is CCCCCCC(=O)CCCCC(=O)OCn1c(=O)ccc2ccc(OCCCCN3CCN(c4cccc5sccc45)CC3)cc21. The fourth-order valence-corrected chi connectivity index (χ4v) is 7.07. The van der Waals surface area contributed by atoms with Crippen LogP contribution in [0, 0.1) is 0 Å². The number of ketones is 1. The molecule has 2 aromatic carbocycles. The van der Waals surface area contributed by atoms with E-state index >= 15 is 0 Å². The first-order valence-electron chi connectivity index (χ1n) is 17.4. The lowest BCUT2D eigenvalue weighted by atomic mass is 10.1. The van der Waals surface area contributed by atoms with Gasteiger partial charge in [0.15, 0.2) is 6.73 Å². The average molecular weight is 660 g/mol. The number of carbonyl (C=O) groups is 2. The van der Waals surface area contributed by atoms with Crippen molar-refractivity contribution in [2.45, 2.75) is 84.3 Å². The summed E-state index contributed by atoms with van der Waals surface area (Å²) in [6, 6.07) is 17.8. The predicted molar refractivity (Wildman–Crippen MR) is 192 cm³/mol. The Labute approximate surface area is 282 Å². The van der Waals surface area contributed by atoms with Crippen molar-refractivity contribution in [2.24, 2.45) is 0 Å². The normalized spacial score (nSPS) is 13.8. The van der Waals surface area contributed by atoms with E-state index in [0.717, 1.165) is 70.2 Å². The van der Waals surface area contributed by atoms with Crippen LogP contribution < -0.4 is 15.2 Å². The molecule has 47 heavy (non-hydrogen) atoms. The molecule has 0 aliphatic carbocycles. The highest BCUT2D eigenvalue weighted by molar-refractivity contribution is 7.17. The highest BCUT2D eigenvalue weighted by Crippen LogP contribution is 2.31. The molecule has 9 heteroatoms. The molecule has 0 saturated carbocycles. The quantitative estimate of drug-likeness (QED) is 0.0751. The monoisotopic (exact) mass is 659 g/mol. The molecule has 0 bridgehead atoms. The number of thiophene rings is 1. The summed E-state index contributed by atoms with van der Waals surface area (Å²) in [7, 11) is 0. The van der Waals surface area contributed by atoms with Gasteiger partial charge in [0, 0.05) is 73.3 Å². The first kappa shape index (κ1) is 34.6. The summed E-state index contributed by atoms with van der Waals surface area (Å²) in [6.07, 6.45) is 9.03. The van der Waals surface area contributed by atoms with Crippen LogP contribution in [-0.2, 0) is 21.1 Å². The fourth-order valence-electron chi connectivity index (χ4n) is 6.26. The molecular formula is C38H49N3O5S. The highest BCUT2D eigenvalue weighted by atomic mass is 32.1. The van der Waals surface area contributed by atoms with Crippen LogP contribution in [0.4, 0.5) is 5.69 Å². The van der Waals surface area contributed by atoms with Crippen molar-refractivity contribution < 1.29 is 19.1 Å². The third kappa shape index (κ3) is 10.1. The van der Waals surface area contributed by atoms with Crippen molar-refractivity contribution in [3.8, 4) is 5.75 Å². The number of ether oxygens (including phenoxy) is 2. The molecule has 0 N–H and O–H groups in total. The van der Waals surface area contributed by atoms with Crippen LogP contribution in [0.15, 0.2) is 64.8 Å². The molecule has 3 heterocycles. The molecule has 2 aromatic heterocycles. The minimum atomic E-state index is -0.363. The number of anilines is 1. The highest BCUT2D eigenvalue weighted by Gasteiger charge is 2.18. The van der Waals surface area contributed by atoms with Gasteiger partial charge in [-0.3, -0.25) is 23.9 Å². The Hall–Kier alpha value is -3.69. The number of hydrogen-bond donors (Lipinski definition) is 0. The number of unbranched alkanes of at least 4 members (excludes halogenated alkanes) is 5. The summed E-state index contributed by atoms with van der Waals surface area (Å²) in [5, 5.41) is 4.41. The van der Waals surface area contributed by atoms with Gasteiger partial charge in [0.25, 0.3) is 5.56 Å². The Balaban J connectivity index is 1.01. The molecule has 252 valence electrons. The van der Waals surface area contributed by atoms with Crippen LogP contribution in [0.5, 0.6) is 5.75 Å². The maximum absolute atomic E-state index is 12.7. The summed E-state index contributed by atoms with van der Waals surface area (Å²) < 4.78 is 14.4. The minimum Gasteiger partial charge on any atom is -0.494 e. The molecule has 4 aromatic rings. The second kappa shape index (κ2) is 18.0. The van der Waals surface area contributed by atoms with Crippen LogP contribution in [0.2, 0.25) is 0 Å². The summed E-state index contributed by atoms with van der Waals surface area (Å²) in [5.74, 6) is 0.601. The second-order valence-corrected chi connectivity index (χ2v) is 13.5.